The van der Waals surface area contributed by atoms with E-state index in [0.717, 1.165) is 42.7 Å². The number of ether oxygens (including phenoxy) is 1. The van der Waals surface area contributed by atoms with E-state index in [1.807, 2.05) is 43.3 Å². The Morgan fingerprint density at radius 3 is 2.44 bits per heavy atom. The zero-order chi connectivity index (χ0) is 24.3. The number of hydrogen-bond acceptors (Lipinski definition) is 4. The SMILES string of the molecule is CCC(C(=O)NC1CCCCC1)N(Cc1ccc(OC)cc1)C(=O)CSCc1ccccc1C. The molecule has 0 saturated heterocycles. The van der Waals surface area contributed by atoms with Gasteiger partial charge in [-0.25, -0.2) is 0 Å². The van der Waals surface area contributed by atoms with Gasteiger partial charge < -0.3 is 15.0 Å². The zero-order valence-electron chi connectivity index (χ0n) is 20.7. The predicted octanol–water partition coefficient (Wildman–Crippen LogP) is 5.49. The standard InChI is InChI=1S/C28H38N2O3S/c1-4-26(28(32)29-24-12-6-5-7-13-24)30(18-22-14-16-25(33-3)17-15-22)27(31)20-34-19-23-11-9-8-10-21(23)2/h8-11,14-17,24,26H,4-7,12-13,18-20H2,1-3H3,(H,29,32). The molecule has 1 fully saturated rings. The van der Waals surface area contributed by atoms with Gasteiger partial charge in [0.25, 0.3) is 0 Å². The summed E-state index contributed by atoms with van der Waals surface area (Å²) in [5.41, 5.74) is 3.46. The monoisotopic (exact) mass is 482 g/mol. The second-order valence-electron chi connectivity index (χ2n) is 9.06. The van der Waals surface area contributed by atoms with Crippen LogP contribution in [0.3, 0.4) is 0 Å². The minimum atomic E-state index is -0.476. The van der Waals surface area contributed by atoms with Crippen molar-refractivity contribution in [3.63, 3.8) is 0 Å². The quantitative estimate of drug-likeness (QED) is 0.460. The van der Waals surface area contributed by atoms with Crippen LogP contribution in [0.1, 0.15) is 62.1 Å². The van der Waals surface area contributed by atoms with Crippen LogP contribution in [0, 0.1) is 6.92 Å². The van der Waals surface area contributed by atoms with Crippen molar-refractivity contribution >= 4 is 23.6 Å². The molecule has 2 aromatic rings. The Kier molecular flexibility index (Phi) is 10.3. The molecule has 1 N–H and O–H groups in total. The number of hydrogen-bond donors (Lipinski definition) is 1. The van der Waals surface area contributed by atoms with Gasteiger partial charge in [0, 0.05) is 18.3 Å². The molecule has 0 spiro atoms. The molecule has 2 aromatic carbocycles. The third-order valence-electron chi connectivity index (χ3n) is 6.59. The van der Waals surface area contributed by atoms with Crippen LogP contribution in [0.4, 0.5) is 0 Å². The maximum absolute atomic E-state index is 13.4. The molecular weight excluding hydrogens is 444 g/mol. The van der Waals surface area contributed by atoms with Crippen molar-refractivity contribution in [2.24, 2.45) is 0 Å². The number of aryl methyl sites for hydroxylation is 1. The molecule has 1 saturated carbocycles. The Morgan fingerprint density at radius 1 is 1.09 bits per heavy atom. The van der Waals surface area contributed by atoms with E-state index in [4.69, 9.17) is 4.74 Å². The van der Waals surface area contributed by atoms with E-state index in [9.17, 15) is 9.59 Å². The summed E-state index contributed by atoms with van der Waals surface area (Å²) >= 11 is 1.61. The molecule has 0 radical (unpaired) electrons. The van der Waals surface area contributed by atoms with Gasteiger partial charge in [0.2, 0.25) is 11.8 Å². The van der Waals surface area contributed by atoms with Crippen molar-refractivity contribution in [3.8, 4) is 5.75 Å². The lowest BCUT2D eigenvalue weighted by Gasteiger charge is -2.32. The first-order valence-electron chi connectivity index (χ1n) is 12.4. The molecular formula is C28H38N2O3S. The highest BCUT2D eigenvalue weighted by Gasteiger charge is 2.30. The van der Waals surface area contributed by atoms with E-state index >= 15 is 0 Å². The smallest absolute Gasteiger partial charge is 0.243 e. The number of benzene rings is 2. The molecule has 184 valence electrons. The van der Waals surface area contributed by atoms with Crippen LogP contribution < -0.4 is 10.1 Å². The summed E-state index contributed by atoms with van der Waals surface area (Å²) in [4.78, 5) is 28.5. The van der Waals surface area contributed by atoms with E-state index in [0.29, 0.717) is 18.7 Å². The number of methoxy groups -OCH3 is 1. The van der Waals surface area contributed by atoms with Crippen LogP contribution >= 0.6 is 11.8 Å². The van der Waals surface area contributed by atoms with Crippen LogP contribution in [0.5, 0.6) is 5.75 Å². The predicted molar refractivity (Wildman–Crippen MR) is 140 cm³/mol. The average molecular weight is 483 g/mol. The van der Waals surface area contributed by atoms with E-state index in [2.05, 4.69) is 24.4 Å². The van der Waals surface area contributed by atoms with Crippen LogP contribution in [-0.4, -0.2) is 41.7 Å². The lowest BCUT2D eigenvalue weighted by atomic mass is 9.95. The van der Waals surface area contributed by atoms with Gasteiger partial charge in [-0.05, 0) is 55.0 Å². The number of thioether (sulfide) groups is 1. The first kappa shape index (κ1) is 26.1. The maximum Gasteiger partial charge on any atom is 0.243 e. The number of carbonyl (C=O) groups is 2. The minimum absolute atomic E-state index is 0.0000430. The number of carbonyl (C=O) groups excluding carboxylic acids is 2. The Hall–Kier alpha value is -2.47. The molecule has 1 aliphatic rings. The maximum atomic E-state index is 13.4. The molecule has 1 aliphatic carbocycles. The van der Waals surface area contributed by atoms with E-state index in [1.165, 1.54) is 17.5 Å². The van der Waals surface area contributed by atoms with Gasteiger partial charge in [-0.2, -0.15) is 0 Å². The lowest BCUT2D eigenvalue weighted by Crippen LogP contribution is -2.52. The Balaban J connectivity index is 1.71. The summed E-state index contributed by atoms with van der Waals surface area (Å²) in [7, 11) is 1.64. The van der Waals surface area contributed by atoms with Gasteiger partial charge in [0.15, 0.2) is 0 Å². The molecule has 0 heterocycles. The highest BCUT2D eigenvalue weighted by atomic mass is 32.2. The number of nitrogens with zero attached hydrogens (tertiary/aromatic N) is 1. The van der Waals surface area contributed by atoms with Gasteiger partial charge in [-0.15, -0.1) is 11.8 Å². The Morgan fingerprint density at radius 2 is 1.79 bits per heavy atom. The average Bonchev–Trinajstić information content (AvgIpc) is 2.86. The summed E-state index contributed by atoms with van der Waals surface area (Å²) in [6.07, 6.45) is 6.20. The molecule has 34 heavy (non-hydrogen) atoms. The van der Waals surface area contributed by atoms with Crippen molar-refractivity contribution in [2.75, 3.05) is 12.9 Å². The van der Waals surface area contributed by atoms with Crippen LogP contribution in [0.2, 0.25) is 0 Å². The highest BCUT2D eigenvalue weighted by molar-refractivity contribution is 7.99. The zero-order valence-corrected chi connectivity index (χ0v) is 21.5. The number of nitrogens with one attached hydrogen (secondary N) is 1. The summed E-state index contributed by atoms with van der Waals surface area (Å²) in [5.74, 6) is 1.87. The summed E-state index contributed by atoms with van der Waals surface area (Å²) in [6, 6.07) is 15.7. The Bertz CT molecular complexity index is 926. The third kappa shape index (κ3) is 7.52. The first-order valence-corrected chi connectivity index (χ1v) is 13.5. The molecule has 6 heteroatoms. The normalized spacial score (nSPS) is 14.9. The molecule has 0 bridgehead atoms. The molecule has 0 aliphatic heterocycles. The summed E-state index contributed by atoms with van der Waals surface area (Å²) in [6.45, 7) is 4.49. The Labute approximate surface area is 208 Å². The van der Waals surface area contributed by atoms with E-state index < -0.39 is 6.04 Å². The third-order valence-corrected chi connectivity index (χ3v) is 7.56. The summed E-state index contributed by atoms with van der Waals surface area (Å²) < 4.78 is 5.27. The molecule has 2 amide bonds. The summed E-state index contributed by atoms with van der Waals surface area (Å²) in [5, 5.41) is 3.24. The highest BCUT2D eigenvalue weighted by Crippen LogP contribution is 2.22. The van der Waals surface area contributed by atoms with Gasteiger partial charge in [0.05, 0.1) is 12.9 Å². The van der Waals surface area contributed by atoms with Crippen molar-refractivity contribution in [3.05, 3.63) is 65.2 Å². The minimum Gasteiger partial charge on any atom is -0.497 e. The number of amides is 2. The second-order valence-corrected chi connectivity index (χ2v) is 10.0. The van der Waals surface area contributed by atoms with Crippen LogP contribution in [0.25, 0.3) is 0 Å². The van der Waals surface area contributed by atoms with Crippen molar-refractivity contribution in [1.82, 2.24) is 10.2 Å². The fourth-order valence-electron chi connectivity index (χ4n) is 4.49. The molecule has 5 nitrogen and oxygen atoms in total. The van der Waals surface area contributed by atoms with Crippen LogP contribution in [0.15, 0.2) is 48.5 Å². The van der Waals surface area contributed by atoms with E-state index in [-0.39, 0.29) is 17.9 Å². The van der Waals surface area contributed by atoms with Gasteiger partial charge >= 0.3 is 0 Å². The van der Waals surface area contributed by atoms with Gasteiger partial charge in [0.1, 0.15) is 11.8 Å². The van der Waals surface area contributed by atoms with Crippen molar-refractivity contribution in [1.29, 1.82) is 0 Å². The lowest BCUT2D eigenvalue weighted by molar-refractivity contribution is -0.139. The largest absolute Gasteiger partial charge is 0.497 e. The van der Waals surface area contributed by atoms with Crippen molar-refractivity contribution in [2.45, 2.75) is 76.8 Å². The van der Waals surface area contributed by atoms with Crippen molar-refractivity contribution < 1.29 is 14.3 Å². The second kappa shape index (κ2) is 13.4. The van der Waals surface area contributed by atoms with Gasteiger partial charge in [-0.3, -0.25) is 9.59 Å². The van der Waals surface area contributed by atoms with Gasteiger partial charge in [-0.1, -0.05) is 62.6 Å². The molecule has 1 unspecified atom stereocenters. The molecule has 0 aromatic heterocycles. The number of rotatable bonds is 11. The topological polar surface area (TPSA) is 58.6 Å². The van der Waals surface area contributed by atoms with Crippen LogP contribution in [-0.2, 0) is 21.9 Å². The fourth-order valence-corrected chi connectivity index (χ4v) is 5.48. The first-order chi connectivity index (χ1) is 16.5. The molecule has 1 atom stereocenters. The van der Waals surface area contributed by atoms with E-state index in [1.54, 1.807) is 23.8 Å². The molecule has 3 rings (SSSR count). The fraction of sp³-hybridized carbons (Fsp3) is 0.500.